The Balaban J connectivity index is 1.17. The number of benzene rings is 3. The van der Waals surface area contributed by atoms with Gasteiger partial charge in [-0.3, -0.25) is 9.69 Å². The summed E-state index contributed by atoms with van der Waals surface area (Å²) >= 11 is 0. The lowest BCUT2D eigenvalue weighted by Gasteiger charge is -2.22. The van der Waals surface area contributed by atoms with Crippen LogP contribution in [-0.4, -0.2) is 50.1 Å². The van der Waals surface area contributed by atoms with Crippen molar-refractivity contribution in [2.24, 2.45) is 0 Å². The maximum atomic E-state index is 13.2. The van der Waals surface area contributed by atoms with E-state index in [0.29, 0.717) is 67.7 Å². The molecule has 7 rings (SSSR count). The minimum absolute atomic E-state index is 0.159. The van der Waals surface area contributed by atoms with Crippen LogP contribution in [0.1, 0.15) is 22.5 Å². The molecule has 1 N–H and O–H groups in total. The van der Waals surface area contributed by atoms with Crippen LogP contribution in [-0.2, 0) is 32.6 Å². The van der Waals surface area contributed by atoms with Gasteiger partial charge in [-0.15, -0.1) is 5.10 Å². The van der Waals surface area contributed by atoms with Crippen molar-refractivity contribution in [1.82, 2.24) is 30.1 Å². The Kier molecular flexibility index (Phi) is 6.69. The van der Waals surface area contributed by atoms with Crippen molar-refractivity contribution in [3.63, 3.8) is 0 Å². The summed E-state index contributed by atoms with van der Waals surface area (Å²) < 4.78 is 24.4. The summed E-state index contributed by atoms with van der Waals surface area (Å²) in [5.41, 5.74) is 3.40. The topological polar surface area (TPSA) is 117 Å². The van der Waals surface area contributed by atoms with Crippen molar-refractivity contribution in [1.29, 1.82) is 0 Å². The number of ether oxygens (including phenoxy) is 4. The Labute approximate surface area is 235 Å². The number of nitrogens with one attached hydrogen (secondary N) is 1. The lowest BCUT2D eigenvalue weighted by atomic mass is 10.1. The molecule has 5 aromatic rings. The van der Waals surface area contributed by atoms with E-state index in [-0.39, 0.29) is 12.4 Å². The summed E-state index contributed by atoms with van der Waals surface area (Å²) in [4.78, 5) is 18.4. The van der Waals surface area contributed by atoms with Gasteiger partial charge in [0, 0.05) is 36.7 Å². The second-order valence-corrected chi connectivity index (χ2v) is 10.1. The average molecular weight is 553 g/mol. The molecule has 2 aliphatic heterocycles. The van der Waals surface area contributed by atoms with Crippen LogP contribution in [0.3, 0.4) is 0 Å². The molecule has 0 fully saturated rings. The quantitative estimate of drug-likeness (QED) is 0.293. The van der Waals surface area contributed by atoms with Gasteiger partial charge in [-0.2, -0.15) is 0 Å². The molecule has 0 aliphatic carbocycles. The van der Waals surface area contributed by atoms with E-state index in [1.165, 1.54) is 5.56 Å². The highest BCUT2D eigenvalue weighted by atomic mass is 16.7. The Morgan fingerprint density at radius 1 is 0.805 bits per heavy atom. The van der Waals surface area contributed by atoms with Crippen molar-refractivity contribution in [2.45, 2.75) is 32.6 Å². The van der Waals surface area contributed by atoms with Crippen LogP contribution in [0.15, 0.2) is 71.5 Å². The molecule has 0 saturated heterocycles. The first-order chi connectivity index (χ1) is 20.2. The van der Waals surface area contributed by atoms with Crippen LogP contribution >= 0.6 is 0 Å². The van der Waals surface area contributed by atoms with E-state index in [4.69, 9.17) is 18.9 Å². The number of hydrogen-bond donors (Lipinski definition) is 1. The summed E-state index contributed by atoms with van der Waals surface area (Å²) in [6.07, 6.45) is 0.807. The molecule has 11 heteroatoms. The molecule has 2 aliphatic rings. The number of fused-ring (bicyclic) bond motifs is 3. The van der Waals surface area contributed by atoms with Crippen LogP contribution in [0, 0.1) is 0 Å². The molecule has 3 aromatic carbocycles. The number of tetrazole rings is 1. The molecule has 4 heterocycles. The largest absolute Gasteiger partial charge is 0.486 e. The van der Waals surface area contributed by atoms with Gasteiger partial charge in [-0.05, 0) is 52.2 Å². The highest BCUT2D eigenvalue weighted by Crippen LogP contribution is 2.34. The van der Waals surface area contributed by atoms with Gasteiger partial charge in [-0.1, -0.05) is 36.4 Å². The molecular weight excluding hydrogens is 524 g/mol. The molecule has 208 valence electrons. The molecule has 11 nitrogen and oxygen atoms in total. The van der Waals surface area contributed by atoms with Gasteiger partial charge in [-0.25, -0.2) is 4.68 Å². The minimum Gasteiger partial charge on any atom is -0.486 e. The standard InChI is InChI=1S/C30H28N6O5/c37-30-23(13-22-14-27-28(15-24(22)31-30)39-11-10-38-27)17-35(16-21-6-7-25-26(12-21)41-19-40-25)18-29-32-33-34-36(29)9-8-20-4-2-1-3-5-20/h1-7,12-15H,8-11,16-19H2,(H,31,37). The maximum absolute atomic E-state index is 13.2. The fraction of sp³-hybridized carbons (Fsp3) is 0.267. The molecule has 0 amide bonds. The number of pyridine rings is 1. The Bertz CT molecular complexity index is 1750. The molecule has 0 unspecified atom stereocenters. The van der Waals surface area contributed by atoms with Gasteiger partial charge in [0.05, 0.1) is 12.1 Å². The maximum Gasteiger partial charge on any atom is 0.252 e. The number of H-pyrrole nitrogens is 1. The van der Waals surface area contributed by atoms with Gasteiger partial charge in [0.15, 0.2) is 28.8 Å². The van der Waals surface area contributed by atoms with Gasteiger partial charge in [0.25, 0.3) is 5.56 Å². The van der Waals surface area contributed by atoms with Gasteiger partial charge in [0.1, 0.15) is 13.2 Å². The summed E-state index contributed by atoms with van der Waals surface area (Å²) in [5, 5.41) is 13.4. The lowest BCUT2D eigenvalue weighted by molar-refractivity contribution is 0.172. The third kappa shape index (κ3) is 5.44. The third-order valence-electron chi connectivity index (χ3n) is 7.25. The Hall–Kier alpha value is -4.90. The number of aromatic nitrogens is 5. The van der Waals surface area contributed by atoms with E-state index < -0.39 is 0 Å². The first-order valence-corrected chi connectivity index (χ1v) is 13.5. The lowest BCUT2D eigenvalue weighted by Crippen LogP contribution is -2.28. The zero-order valence-corrected chi connectivity index (χ0v) is 22.3. The molecule has 0 spiro atoms. The van der Waals surface area contributed by atoms with Gasteiger partial charge >= 0.3 is 0 Å². The molecule has 0 saturated carbocycles. The predicted molar refractivity (Wildman–Crippen MR) is 149 cm³/mol. The first kappa shape index (κ1) is 25.1. The number of nitrogens with zero attached hydrogens (tertiary/aromatic N) is 5. The van der Waals surface area contributed by atoms with Crippen LogP contribution in [0.25, 0.3) is 10.9 Å². The monoisotopic (exact) mass is 552 g/mol. The summed E-state index contributed by atoms with van der Waals surface area (Å²) in [6, 6.07) is 21.8. The molecule has 2 aromatic heterocycles. The third-order valence-corrected chi connectivity index (χ3v) is 7.25. The predicted octanol–water partition coefficient (Wildman–Crippen LogP) is 3.46. The van der Waals surface area contributed by atoms with Crippen molar-refractivity contribution >= 4 is 10.9 Å². The fourth-order valence-corrected chi connectivity index (χ4v) is 5.20. The summed E-state index contributed by atoms with van der Waals surface area (Å²) in [7, 11) is 0. The SMILES string of the molecule is O=c1[nH]c2cc3c(cc2cc1CN(Cc1ccc2c(c1)OCO2)Cc1nnnn1CCc1ccccc1)OCCO3. The molecule has 0 atom stereocenters. The summed E-state index contributed by atoms with van der Waals surface area (Å²) in [6.45, 7) is 3.20. The molecule has 0 radical (unpaired) electrons. The van der Waals surface area contributed by atoms with E-state index in [1.807, 2.05) is 59.3 Å². The first-order valence-electron chi connectivity index (χ1n) is 13.5. The highest BCUT2D eigenvalue weighted by molar-refractivity contribution is 5.83. The van der Waals surface area contributed by atoms with Crippen LogP contribution in [0.2, 0.25) is 0 Å². The zero-order valence-electron chi connectivity index (χ0n) is 22.3. The highest BCUT2D eigenvalue weighted by Gasteiger charge is 2.20. The van der Waals surface area contributed by atoms with Gasteiger partial charge in [0.2, 0.25) is 6.79 Å². The van der Waals surface area contributed by atoms with E-state index in [1.54, 1.807) is 0 Å². The van der Waals surface area contributed by atoms with Crippen molar-refractivity contribution in [3.8, 4) is 23.0 Å². The average Bonchev–Trinajstić information content (AvgIpc) is 3.65. The number of hydrogen-bond acceptors (Lipinski definition) is 9. The van der Waals surface area contributed by atoms with Crippen LogP contribution < -0.4 is 24.5 Å². The Morgan fingerprint density at radius 3 is 2.49 bits per heavy atom. The Morgan fingerprint density at radius 2 is 1.61 bits per heavy atom. The van der Waals surface area contributed by atoms with Gasteiger partial charge < -0.3 is 23.9 Å². The van der Waals surface area contributed by atoms with E-state index >= 15 is 0 Å². The van der Waals surface area contributed by atoms with Crippen LogP contribution in [0.4, 0.5) is 0 Å². The fourth-order valence-electron chi connectivity index (χ4n) is 5.20. The van der Waals surface area contributed by atoms with E-state index in [9.17, 15) is 4.79 Å². The van der Waals surface area contributed by atoms with Crippen molar-refractivity contribution in [2.75, 3.05) is 20.0 Å². The van der Waals surface area contributed by atoms with Crippen molar-refractivity contribution < 1.29 is 18.9 Å². The smallest absolute Gasteiger partial charge is 0.252 e. The van der Waals surface area contributed by atoms with E-state index in [2.05, 4.69) is 37.5 Å². The molecule has 41 heavy (non-hydrogen) atoms. The minimum atomic E-state index is -0.159. The summed E-state index contributed by atoms with van der Waals surface area (Å²) in [5.74, 6) is 3.48. The van der Waals surface area contributed by atoms with E-state index in [0.717, 1.165) is 28.9 Å². The molecule has 0 bridgehead atoms. The van der Waals surface area contributed by atoms with Crippen molar-refractivity contribution in [3.05, 3.63) is 99.6 Å². The number of aromatic amines is 1. The number of aryl methyl sites for hydroxylation is 2. The molecular formula is C30H28N6O5. The number of rotatable bonds is 9. The normalized spacial score (nSPS) is 13.7. The second-order valence-electron chi connectivity index (χ2n) is 10.1. The second kappa shape index (κ2) is 10.9. The van der Waals surface area contributed by atoms with Crippen LogP contribution in [0.5, 0.6) is 23.0 Å². The zero-order chi connectivity index (χ0) is 27.6.